The quantitative estimate of drug-likeness (QED) is 0.553. The van der Waals surface area contributed by atoms with E-state index < -0.39 is 10.0 Å². The third-order valence-corrected chi connectivity index (χ3v) is 5.21. The highest BCUT2D eigenvalue weighted by molar-refractivity contribution is 7.88. The fourth-order valence-electron chi connectivity index (χ4n) is 3.19. The second-order valence-corrected chi connectivity index (χ2v) is 8.57. The van der Waals surface area contributed by atoms with Crippen molar-refractivity contribution in [2.24, 2.45) is 0 Å². The van der Waals surface area contributed by atoms with Gasteiger partial charge >= 0.3 is 0 Å². The van der Waals surface area contributed by atoms with E-state index in [2.05, 4.69) is 9.82 Å². The van der Waals surface area contributed by atoms with Gasteiger partial charge in [-0.05, 0) is 29.8 Å². The molecule has 0 aliphatic carbocycles. The molecule has 1 heterocycles. The highest BCUT2D eigenvalue weighted by Crippen LogP contribution is 2.26. The number of nitrogens with zero attached hydrogens (tertiary/aromatic N) is 2. The van der Waals surface area contributed by atoms with E-state index in [0.717, 1.165) is 22.8 Å². The topological polar surface area (TPSA) is 81.1 Å². The van der Waals surface area contributed by atoms with E-state index in [0.29, 0.717) is 16.8 Å². The number of nitrogens with one attached hydrogen (secondary N) is 1. The van der Waals surface area contributed by atoms with Gasteiger partial charge in [0.05, 0.1) is 23.0 Å². The molecular formula is C22H19N3O3S. The third kappa shape index (κ3) is 4.11. The largest absolute Gasteiger partial charge is 0.279 e. The number of hydrogen-bond donors (Lipinski definition) is 1. The molecule has 0 spiro atoms. The highest BCUT2D eigenvalue weighted by atomic mass is 32.2. The SMILES string of the molecule is CS(=O)(=O)NCc1cccc(-c2nn(-c3ccccc3)c(=O)c3ccccc23)c1. The van der Waals surface area contributed by atoms with Gasteiger partial charge in [0.1, 0.15) is 0 Å². The summed E-state index contributed by atoms with van der Waals surface area (Å²) in [6.45, 7) is 0.183. The first-order valence-electron chi connectivity index (χ1n) is 9.04. The Balaban J connectivity index is 1.90. The summed E-state index contributed by atoms with van der Waals surface area (Å²) in [4.78, 5) is 13.0. The molecule has 0 unspecified atom stereocenters. The van der Waals surface area contributed by atoms with E-state index in [1.807, 2.05) is 72.8 Å². The number of rotatable bonds is 5. The lowest BCUT2D eigenvalue weighted by atomic mass is 10.0. The standard InChI is InChI=1S/C22H19N3O3S/c1-29(27,28)23-15-16-8-7-9-17(14-16)21-19-12-5-6-13-20(19)22(26)25(24-21)18-10-3-2-4-11-18/h2-14,23H,15H2,1H3. The molecule has 0 saturated carbocycles. The molecule has 0 atom stereocenters. The van der Waals surface area contributed by atoms with Crippen LogP contribution in [-0.4, -0.2) is 24.5 Å². The fourth-order valence-corrected chi connectivity index (χ4v) is 3.62. The van der Waals surface area contributed by atoms with E-state index in [1.165, 1.54) is 4.68 Å². The number of hydrogen-bond acceptors (Lipinski definition) is 4. The summed E-state index contributed by atoms with van der Waals surface area (Å²) in [5.41, 5.74) is 2.75. The van der Waals surface area contributed by atoms with Crippen molar-refractivity contribution in [1.29, 1.82) is 0 Å². The Morgan fingerprint density at radius 2 is 1.59 bits per heavy atom. The maximum atomic E-state index is 13.0. The number of aromatic nitrogens is 2. The van der Waals surface area contributed by atoms with Crippen molar-refractivity contribution >= 4 is 20.8 Å². The molecule has 0 radical (unpaired) electrons. The first-order chi connectivity index (χ1) is 13.9. The van der Waals surface area contributed by atoms with E-state index in [4.69, 9.17) is 0 Å². The monoisotopic (exact) mass is 405 g/mol. The second-order valence-electron chi connectivity index (χ2n) is 6.74. The van der Waals surface area contributed by atoms with Gasteiger partial charge in [0, 0.05) is 17.5 Å². The van der Waals surface area contributed by atoms with Crippen LogP contribution in [0.4, 0.5) is 0 Å². The van der Waals surface area contributed by atoms with Crippen molar-refractivity contribution in [3.63, 3.8) is 0 Å². The van der Waals surface area contributed by atoms with Gasteiger partial charge in [-0.3, -0.25) is 4.79 Å². The number of benzene rings is 3. The lowest BCUT2D eigenvalue weighted by Gasteiger charge is -2.12. The fraction of sp³-hybridized carbons (Fsp3) is 0.0909. The van der Waals surface area contributed by atoms with E-state index in [-0.39, 0.29) is 12.1 Å². The minimum atomic E-state index is -3.29. The van der Waals surface area contributed by atoms with Crippen molar-refractivity contribution in [3.05, 3.63) is 94.8 Å². The van der Waals surface area contributed by atoms with Crippen LogP contribution in [0, 0.1) is 0 Å². The maximum absolute atomic E-state index is 13.0. The molecule has 4 rings (SSSR count). The second kappa shape index (κ2) is 7.62. The Morgan fingerprint density at radius 1 is 0.897 bits per heavy atom. The average Bonchev–Trinajstić information content (AvgIpc) is 2.73. The van der Waals surface area contributed by atoms with Crippen LogP contribution in [0.25, 0.3) is 27.7 Å². The zero-order valence-corrected chi connectivity index (χ0v) is 16.6. The van der Waals surface area contributed by atoms with Crippen molar-refractivity contribution in [1.82, 2.24) is 14.5 Å². The van der Waals surface area contributed by atoms with Crippen molar-refractivity contribution in [3.8, 4) is 16.9 Å². The van der Waals surface area contributed by atoms with Crippen LogP contribution in [0.2, 0.25) is 0 Å². The van der Waals surface area contributed by atoms with Gasteiger partial charge in [0.25, 0.3) is 5.56 Å². The molecule has 4 aromatic rings. The Labute approximate surface area is 168 Å². The van der Waals surface area contributed by atoms with Crippen LogP contribution in [0.15, 0.2) is 83.7 Å². The van der Waals surface area contributed by atoms with Gasteiger partial charge in [-0.15, -0.1) is 0 Å². The number of fused-ring (bicyclic) bond motifs is 1. The van der Waals surface area contributed by atoms with Gasteiger partial charge in [-0.1, -0.05) is 54.6 Å². The molecule has 0 bridgehead atoms. The number of sulfonamides is 1. The van der Waals surface area contributed by atoms with Crippen LogP contribution in [0.5, 0.6) is 0 Å². The summed E-state index contributed by atoms with van der Waals surface area (Å²) in [7, 11) is -3.29. The molecule has 1 N–H and O–H groups in total. The Hall–Kier alpha value is -3.29. The van der Waals surface area contributed by atoms with E-state index >= 15 is 0 Å². The van der Waals surface area contributed by atoms with Gasteiger partial charge in [0.15, 0.2) is 0 Å². The molecule has 1 aromatic heterocycles. The molecule has 0 amide bonds. The Kier molecular flexibility index (Phi) is 5.00. The zero-order valence-electron chi connectivity index (χ0n) is 15.7. The molecule has 29 heavy (non-hydrogen) atoms. The van der Waals surface area contributed by atoms with Crippen LogP contribution >= 0.6 is 0 Å². The molecule has 0 aliphatic rings. The predicted octanol–water partition coefficient (Wildman–Crippen LogP) is 3.10. The Bertz CT molecular complexity index is 1350. The first kappa shape index (κ1) is 19.0. The summed E-state index contributed by atoms with van der Waals surface area (Å²) in [5.74, 6) is 0. The Morgan fingerprint density at radius 3 is 2.31 bits per heavy atom. The molecule has 0 aliphatic heterocycles. The third-order valence-electron chi connectivity index (χ3n) is 4.54. The molecule has 0 fully saturated rings. The van der Waals surface area contributed by atoms with Gasteiger partial charge in [-0.25, -0.2) is 13.1 Å². The van der Waals surface area contributed by atoms with Gasteiger partial charge in [0.2, 0.25) is 10.0 Å². The lowest BCUT2D eigenvalue weighted by Crippen LogP contribution is -2.22. The van der Waals surface area contributed by atoms with Crippen LogP contribution in [0.3, 0.4) is 0 Å². The molecule has 3 aromatic carbocycles. The smallest absolute Gasteiger partial charge is 0.267 e. The van der Waals surface area contributed by atoms with Crippen molar-refractivity contribution < 1.29 is 8.42 Å². The number of para-hydroxylation sites is 1. The maximum Gasteiger partial charge on any atom is 0.279 e. The summed E-state index contributed by atoms with van der Waals surface area (Å²) >= 11 is 0. The molecule has 0 saturated heterocycles. The zero-order chi connectivity index (χ0) is 20.4. The first-order valence-corrected chi connectivity index (χ1v) is 10.9. The van der Waals surface area contributed by atoms with Gasteiger partial charge < -0.3 is 0 Å². The molecule has 6 nitrogen and oxygen atoms in total. The van der Waals surface area contributed by atoms with E-state index in [9.17, 15) is 13.2 Å². The van der Waals surface area contributed by atoms with Crippen molar-refractivity contribution in [2.45, 2.75) is 6.54 Å². The average molecular weight is 405 g/mol. The van der Waals surface area contributed by atoms with Gasteiger partial charge in [-0.2, -0.15) is 9.78 Å². The predicted molar refractivity (Wildman–Crippen MR) is 114 cm³/mol. The van der Waals surface area contributed by atoms with E-state index in [1.54, 1.807) is 6.07 Å². The van der Waals surface area contributed by atoms with Crippen LogP contribution in [0.1, 0.15) is 5.56 Å². The summed E-state index contributed by atoms with van der Waals surface area (Å²) < 4.78 is 26.7. The lowest BCUT2D eigenvalue weighted by molar-refractivity contribution is 0.587. The molecule has 146 valence electrons. The molecular weight excluding hydrogens is 386 g/mol. The summed E-state index contributed by atoms with van der Waals surface area (Å²) in [6, 6.07) is 24.1. The minimum Gasteiger partial charge on any atom is -0.267 e. The highest BCUT2D eigenvalue weighted by Gasteiger charge is 2.13. The van der Waals surface area contributed by atoms with Crippen LogP contribution in [-0.2, 0) is 16.6 Å². The molecule has 7 heteroatoms. The van der Waals surface area contributed by atoms with Crippen LogP contribution < -0.4 is 10.3 Å². The summed E-state index contributed by atoms with van der Waals surface area (Å²) in [6.07, 6.45) is 1.13. The summed E-state index contributed by atoms with van der Waals surface area (Å²) in [5, 5.41) is 5.97. The minimum absolute atomic E-state index is 0.183. The van der Waals surface area contributed by atoms with Crippen molar-refractivity contribution in [2.75, 3.05) is 6.26 Å². The normalized spacial score (nSPS) is 11.6.